The minimum Gasteiger partial charge on any atom is -0.353 e. The summed E-state index contributed by atoms with van der Waals surface area (Å²) in [5.41, 5.74) is 2.53. The Hall–Kier alpha value is -2.38. The van der Waals surface area contributed by atoms with Crippen molar-refractivity contribution >= 4 is 22.7 Å². The zero-order chi connectivity index (χ0) is 22.1. The van der Waals surface area contributed by atoms with Crippen LogP contribution in [0.5, 0.6) is 0 Å². The van der Waals surface area contributed by atoms with Crippen LogP contribution in [0, 0.1) is 0 Å². The van der Waals surface area contributed by atoms with Gasteiger partial charge in [-0.1, -0.05) is 18.2 Å². The molecule has 0 saturated carbocycles. The van der Waals surface area contributed by atoms with Gasteiger partial charge in [0, 0.05) is 75.4 Å². The van der Waals surface area contributed by atoms with Crippen LogP contribution in [0.1, 0.15) is 44.1 Å². The van der Waals surface area contributed by atoms with Gasteiger partial charge >= 0.3 is 0 Å². The second-order valence-corrected chi connectivity index (χ2v) is 9.69. The van der Waals surface area contributed by atoms with E-state index < -0.39 is 0 Å². The number of carbonyl (C=O) groups excluding carboxylic acids is 2. The van der Waals surface area contributed by atoms with Gasteiger partial charge in [-0.15, -0.1) is 0 Å². The Labute approximate surface area is 190 Å². The van der Waals surface area contributed by atoms with Crippen LogP contribution in [-0.2, 0) is 23.2 Å². The van der Waals surface area contributed by atoms with Crippen LogP contribution in [0.3, 0.4) is 0 Å². The summed E-state index contributed by atoms with van der Waals surface area (Å²) in [6.07, 6.45) is 7.92. The molecule has 2 N–H and O–H groups in total. The van der Waals surface area contributed by atoms with Crippen molar-refractivity contribution in [2.45, 2.75) is 63.2 Å². The third kappa shape index (κ3) is 4.28. The lowest BCUT2D eigenvalue weighted by Crippen LogP contribution is -2.58. The Morgan fingerprint density at radius 3 is 2.84 bits per heavy atom. The average Bonchev–Trinajstić information content (AvgIpc) is 3.40. The fourth-order valence-corrected chi connectivity index (χ4v) is 5.80. The standard InChI is InChI=1S/C25H35N5O2/c1-28-16-18(21-7-3-4-8-22(21)28)14-26-19-13-23-25(32)27-15-20(30(23)17-19)9-10-24(31)29-11-5-2-6-12-29/h3-4,7-8,16,19-20,23,26H,2,5-6,9-15,17H2,1H3,(H,27,32). The number of fused-ring (bicyclic) bond motifs is 2. The van der Waals surface area contributed by atoms with Gasteiger partial charge in [0.15, 0.2) is 0 Å². The van der Waals surface area contributed by atoms with Crippen LogP contribution in [0.15, 0.2) is 30.5 Å². The van der Waals surface area contributed by atoms with Crippen molar-refractivity contribution in [1.29, 1.82) is 0 Å². The SMILES string of the molecule is Cn1cc(CNC2CC3C(=O)NCC(CCC(=O)N4CCCCC4)N3C2)c2ccccc21. The Kier molecular flexibility index (Phi) is 6.20. The Morgan fingerprint density at radius 2 is 2.00 bits per heavy atom. The van der Waals surface area contributed by atoms with E-state index in [0.717, 1.165) is 51.9 Å². The van der Waals surface area contributed by atoms with Gasteiger partial charge < -0.3 is 20.1 Å². The number of nitrogens with zero attached hydrogens (tertiary/aromatic N) is 3. The number of hydrogen-bond donors (Lipinski definition) is 2. The summed E-state index contributed by atoms with van der Waals surface area (Å²) in [7, 11) is 2.09. The summed E-state index contributed by atoms with van der Waals surface area (Å²) in [5.74, 6) is 0.418. The van der Waals surface area contributed by atoms with E-state index in [9.17, 15) is 9.59 Å². The van der Waals surface area contributed by atoms with E-state index in [1.807, 2.05) is 4.90 Å². The highest BCUT2D eigenvalue weighted by Gasteiger charge is 2.43. The number of nitrogens with one attached hydrogen (secondary N) is 2. The van der Waals surface area contributed by atoms with E-state index in [-0.39, 0.29) is 29.9 Å². The number of para-hydroxylation sites is 1. The molecule has 3 unspecified atom stereocenters. The highest BCUT2D eigenvalue weighted by molar-refractivity contribution is 5.84. The highest BCUT2D eigenvalue weighted by atomic mass is 16.2. The van der Waals surface area contributed by atoms with Crippen molar-refractivity contribution in [2.75, 3.05) is 26.2 Å². The molecule has 3 aliphatic heterocycles. The van der Waals surface area contributed by atoms with Crippen LogP contribution in [0.25, 0.3) is 10.9 Å². The number of aromatic nitrogens is 1. The van der Waals surface area contributed by atoms with Crippen LogP contribution < -0.4 is 10.6 Å². The van der Waals surface area contributed by atoms with Crippen molar-refractivity contribution in [1.82, 2.24) is 25.0 Å². The molecule has 0 bridgehead atoms. The third-order valence-corrected chi connectivity index (χ3v) is 7.58. The van der Waals surface area contributed by atoms with E-state index in [1.165, 1.54) is 22.9 Å². The predicted octanol–water partition coefficient (Wildman–Crippen LogP) is 2.00. The normalized spacial score (nSPS) is 26.3. The quantitative estimate of drug-likeness (QED) is 0.725. The van der Waals surface area contributed by atoms with Crippen molar-refractivity contribution in [3.8, 4) is 0 Å². The number of piperidine rings is 1. The predicted molar refractivity (Wildman–Crippen MR) is 125 cm³/mol. The van der Waals surface area contributed by atoms with Gasteiger partial charge in [-0.05, 0) is 43.7 Å². The topological polar surface area (TPSA) is 69.6 Å². The van der Waals surface area contributed by atoms with Crippen LogP contribution >= 0.6 is 0 Å². The minimum absolute atomic E-state index is 0.0798. The number of amides is 2. The maximum Gasteiger partial charge on any atom is 0.237 e. The molecular formula is C25H35N5O2. The lowest BCUT2D eigenvalue weighted by molar-refractivity contribution is -0.133. The molecule has 1 aromatic heterocycles. The molecule has 3 saturated heterocycles. The lowest BCUT2D eigenvalue weighted by Gasteiger charge is -2.37. The zero-order valence-corrected chi connectivity index (χ0v) is 19.1. The molecule has 0 spiro atoms. The van der Waals surface area contributed by atoms with Gasteiger partial charge in [-0.3, -0.25) is 14.5 Å². The zero-order valence-electron chi connectivity index (χ0n) is 19.1. The molecule has 0 aliphatic carbocycles. The van der Waals surface area contributed by atoms with Crippen molar-refractivity contribution in [3.05, 3.63) is 36.0 Å². The van der Waals surface area contributed by atoms with Gasteiger partial charge in [-0.2, -0.15) is 0 Å². The fourth-order valence-electron chi connectivity index (χ4n) is 5.80. The molecule has 3 aliphatic rings. The van der Waals surface area contributed by atoms with E-state index in [4.69, 9.17) is 0 Å². The van der Waals surface area contributed by atoms with Crippen LogP contribution in [-0.4, -0.2) is 70.5 Å². The Bertz CT molecular complexity index is 980. The second kappa shape index (κ2) is 9.24. The molecule has 7 heteroatoms. The highest BCUT2D eigenvalue weighted by Crippen LogP contribution is 2.27. The molecule has 2 aromatic rings. The summed E-state index contributed by atoms with van der Waals surface area (Å²) in [5, 5.41) is 8.08. The van der Waals surface area contributed by atoms with E-state index in [1.54, 1.807) is 0 Å². The van der Waals surface area contributed by atoms with Crippen molar-refractivity contribution in [2.24, 2.45) is 7.05 Å². The molecule has 5 rings (SSSR count). The number of hydrogen-bond acceptors (Lipinski definition) is 4. The number of benzene rings is 1. The number of carbonyl (C=O) groups is 2. The molecule has 32 heavy (non-hydrogen) atoms. The van der Waals surface area contributed by atoms with Crippen molar-refractivity contribution in [3.63, 3.8) is 0 Å². The monoisotopic (exact) mass is 437 g/mol. The first-order chi connectivity index (χ1) is 15.6. The Morgan fingerprint density at radius 1 is 1.19 bits per heavy atom. The summed E-state index contributed by atoms with van der Waals surface area (Å²) < 4.78 is 2.17. The summed E-state index contributed by atoms with van der Waals surface area (Å²) >= 11 is 0. The first-order valence-electron chi connectivity index (χ1n) is 12.2. The maximum atomic E-state index is 12.6. The number of aryl methyl sites for hydroxylation is 1. The summed E-state index contributed by atoms with van der Waals surface area (Å²) in [6, 6.07) is 8.93. The summed E-state index contributed by atoms with van der Waals surface area (Å²) in [6.45, 7) is 4.13. The first-order valence-corrected chi connectivity index (χ1v) is 12.2. The second-order valence-electron chi connectivity index (χ2n) is 9.69. The van der Waals surface area contributed by atoms with Crippen LogP contribution in [0.2, 0.25) is 0 Å². The van der Waals surface area contributed by atoms with Crippen molar-refractivity contribution < 1.29 is 9.59 Å². The van der Waals surface area contributed by atoms with Gasteiger partial charge in [-0.25, -0.2) is 0 Å². The number of likely N-dealkylation sites (tertiary alicyclic amines) is 1. The smallest absolute Gasteiger partial charge is 0.237 e. The van der Waals surface area contributed by atoms with Gasteiger partial charge in [0.05, 0.1) is 6.04 Å². The molecule has 7 nitrogen and oxygen atoms in total. The largest absolute Gasteiger partial charge is 0.353 e. The average molecular weight is 438 g/mol. The number of piperazine rings is 1. The molecule has 1 aromatic carbocycles. The fraction of sp³-hybridized carbons (Fsp3) is 0.600. The molecular weight excluding hydrogens is 402 g/mol. The van der Waals surface area contributed by atoms with Gasteiger partial charge in [0.25, 0.3) is 0 Å². The lowest BCUT2D eigenvalue weighted by atomic mass is 10.0. The molecule has 0 radical (unpaired) electrons. The Balaban J connectivity index is 1.18. The van der Waals surface area contributed by atoms with Crippen LogP contribution in [0.4, 0.5) is 0 Å². The molecule has 2 amide bonds. The summed E-state index contributed by atoms with van der Waals surface area (Å²) in [4.78, 5) is 29.6. The maximum absolute atomic E-state index is 12.6. The number of rotatable bonds is 6. The van der Waals surface area contributed by atoms with Gasteiger partial charge in [0.2, 0.25) is 11.8 Å². The molecule has 3 atom stereocenters. The van der Waals surface area contributed by atoms with E-state index in [2.05, 4.69) is 57.6 Å². The minimum atomic E-state index is -0.0798. The third-order valence-electron chi connectivity index (χ3n) is 7.58. The molecule has 3 fully saturated rings. The van der Waals surface area contributed by atoms with Gasteiger partial charge in [0.1, 0.15) is 0 Å². The van der Waals surface area contributed by atoms with E-state index >= 15 is 0 Å². The molecule has 172 valence electrons. The van der Waals surface area contributed by atoms with E-state index in [0.29, 0.717) is 13.0 Å². The molecule has 4 heterocycles. The first kappa shape index (κ1) is 21.5.